The van der Waals surface area contributed by atoms with E-state index in [1.54, 1.807) is 17.9 Å². The second-order valence-corrected chi connectivity index (χ2v) is 14.2. The molecule has 1 aliphatic carbocycles. The van der Waals surface area contributed by atoms with Crippen molar-refractivity contribution in [3.05, 3.63) is 29.1 Å². The van der Waals surface area contributed by atoms with Crippen molar-refractivity contribution >= 4 is 26.2 Å². The quantitative estimate of drug-likeness (QED) is 0.567. The average Bonchev–Trinajstić information content (AvgIpc) is 2.90. The van der Waals surface area contributed by atoms with Gasteiger partial charge >= 0.3 is 0 Å². The first-order chi connectivity index (χ1) is 12.8. The number of fused-ring (bicyclic) bond motifs is 1. The van der Waals surface area contributed by atoms with E-state index >= 15 is 0 Å². The van der Waals surface area contributed by atoms with Crippen LogP contribution in [0.2, 0.25) is 18.1 Å². The maximum absolute atomic E-state index is 14.8. The molecule has 1 aromatic carbocycles. The third kappa shape index (κ3) is 4.53. The fourth-order valence-corrected chi connectivity index (χ4v) is 4.31. The lowest BCUT2D eigenvalue weighted by atomic mass is 10.1. The van der Waals surface area contributed by atoms with Gasteiger partial charge in [0.05, 0.1) is 12.1 Å². The van der Waals surface area contributed by atoms with Crippen LogP contribution in [0.15, 0.2) is 12.1 Å². The monoisotopic (exact) mass is 408 g/mol. The summed E-state index contributed by atoms with van der Waals surface area (Å²) >= 11 is 0. The third-order valence-electron chi connectivity index (χ3n) is 6.19. The maximum Gasteiger partial charge on any atom is 0.241 e. The van der Waals surface area contributed by atoms with Crippen LogP contribution in [0.5, 0.6) is 0 Å². The summed E-state index contributed by atoms with van der Waals surface area (Å²) in [4.78, 5) is 25.9. The Balaban J connectivity index is 2.39. The molecule has 7 heteroatoms. The molecule has 2 unspecified atom stereocenters. The van der Waals surface area contributed by atoms with Crippen molar-refractivity contribution in [1.82, 2.24) is 4.90 Å². The minimum atomic E-state index is -2.17. The lowest BCUT2D eigenvalue weighted by Gasteiger charge is -2.39. The molecular formula is C21H33FN2O3Si. The van der Waals surface area contributed by atoms with E-state index in [1.165, 1.54) is 6.07 Å². The number of anilines is 1. The minimum absolute atomic E-state index is 0.0330. The zero-order valence-corrected chi connectivity index (χ0v) is 19.2. The number of rotatable bonds is 6. The summed E-state index contributed by atoms with van der Waals surface area (Å²) in [5.41, 5.74) is 1.58. The first-order valence-electron chi connectivity index (χ1n) is 9.71. The van der Waals surface area contributed by atoms with Gasteiger partial charge in [-0.25, -0.2) is 4.39 Å². The predicted molar refractivity (Wildman–Crippen MR) is 112 cm³/mol. The topological polar surface area (TPSA) is 58.6 Å². The molecule has 0 fully saturated rings. The van der Waals surface area contributed by atoms with Crippen LogP contribution in [0.4, 0.5) is 10.1 Å². The van der Waals surface area contributed by atoms with Crippen LogP contribution in [-0.2, 0) is 20.4 Å². The number of hydrogen-bond acceptors (Lipinski definition) is 4. The van der Waals surface area contributed by atoms with Gasteiger partial charge in [-0.3, -0.25) is 9.69 Å². The van der Waals surface area contributed by atoms with E-state index in [1.807, 2.05) is 14.1 Å². The molecule has 1 aromatic rings. The molecule has 3 atom stereocenters. The van der Waals surface area contributed by atoms with Gasteiger partial charge in [-0.2, -0.15) is 0 Å². The molecule has 0 saturated carbocycles. The summed E-state index contributed by atoms with van der Waals surface area (Å²) < 4.78 is 21.3. The molecule has 5 nitrogen and oxygen atoms in total. The SMILES string of the molecule is C[C@H](C(=O)Nc1cc(F)c2c(c1)C(O[Si](C)(C)C(C)(C)C)C(C=O)C2)N(C)C. The van der Waals surface area contributed by atoms with Gasteiger partial charge < -0.3 is 14.5 Å². The highest BCUT2D eigenvalue weighted by Crippen LogP contribution is 2.46. The van der Waals surface area contributed by atoms with Crippen LogP contribution in [0.3, 0.4) is 0 Å². The van der Waals surface area contributed by atoms with E-state index in [0.717, 1.165) is 6.29 Å². The Morgan fingerprint density at radius 3 is 2.46 bits per heavy atom. The number of likely N-dealkylation sites (N-methyl/N-ethyl adjacent to an activating group) is 1. The van der Waals surface area contributed by atoms with Crippen molar-refractivity contribution in [1.29, 1.82) is 0 Å². The van der Waals surface area contributed by atoms with Crippen LogP contribution >= 0.6 is 0 Å². The van der Waals surface area contributed by atoms with Gasteiger partial charge in [0.25, 0.3) is 0 Å². The second kappa shape index (κ2) is 8.04. The highest BCUT2D eigenvalue weighted by molar-refractivity contribution is 6.74. The second-order valence-electron chi connectivity index (χ2n) is 9.46. The lowest BCUT2D eigenvalue weighted by Crippen LogP contribution is -2.42. The van der Waals surface area contributed by atoms with Crippen LogP contribution in [-0.4, -0.2) is 45.5 Å². The molecule has 0 heterocycles. The number of carbonyl (C=O) groups excluding carboxylic acids is 2. The van der Waals surface area contributed by atoms with Crippen molar-refractivity contribution in [3.8, 4) is 0 Å². The summed E-state index contributed by atoms with van der Waals surface area (Å²) in [6, 6.07) is 2.74. The molecule has 0 aliphatic heterocycles. The first-order valence-corrected chi connectivity index (χ1v) is 12.6. The van der Waals surface area contributed by atoms with Gasteiger partial charge in [-0.05, 0) is 68.8 Å². The Bertz CT molecular complexity index is 759. The molecule has 28 heavy (non-hydrogen) atoms. The van der Waals surface area contributed by atoms with Gasteiger partial charge in [0.2, 0.25) is 5.91 Å². The van der Waals surface area contributed by atoms with Crippen LogP contribution < -0.4 is 5.32 Å². The first kappa shape index (κ1) is 22.7. The Kier molecular flexibility index (Phi) is 6.53. The van der Waals surface area contributed by atoms with E-state index in [0.29, 0.717) is 23.2 Å². The largest absolute Gasteiger partial charge is 0.409 e. The Morgan fingerprint density at radius 2 is 1.96 bits per heavy atom. The molecule has 1 aliphatic rings. The molecule has 1 amide bonds. The van der Waals surface area contributed by atoms with Gasteiger partial charge in [-0.15, -0.1) is 0 Å². The Hall–Kier alpha value is -1.57. The number of amides is 1. The van der Waals surface area contributed by atoms with Crippen LogP contribution in [0.25, 0.3) is 0 Å². The predicted octanol–water partition coefficient (Wildman–Crippen LogP) is 4.15. The molecule has 0 radical (unpaired) electrons. The summed E-state index contributed by atoms with van der Waals surface area (Å²) in [6.07, 6.45) is 0.710. The number of hydrogen-bond donors (Lipinski definition) is 1. The van der Waals surface area contributed by atoms with Crippen molar-refractivity contribution in [2.45, 2.75) is 64.4 Å². The van der Waals surface area contributed by atoms with E-state index in [2.05, 4.69) is 39.2 Å². The third-order valence-corrected chi connectivity index (χ3v) is 10.6. The van der Waals surface area contributed by atoms with E-state index in [-0.39, 0.29) is 17.0 Å². The molecule has 0 bridgehead atoms. The summed E-state index contributed by atoms with van der Waals surface area (Å²) in [7, 11) is 1.45. The average molecular weight is 409 g/mol. The summed E-state index contributed by atoms with van der Waals surface area (Å²) in [6.45, 7) is 12.4. The fourth-order valence-electron chi connectivity index (χ4n) is 3.02. The Morgan fingerprint density at radius 1 is 1.36 bits per heavy atom. The van der Waals surface area contributed by atoms with Gasteiger partial charge in [0.1, 0.15) is 12.1 Å². The van der Waals surface area contributed by atoms with Gasteiger partial charge in [0, 0.05) is 11.6 Å². The van der Waals surface area contributed by atoms with Crippen molar-refractivity contribution < 1.29 is 18.4 Å². The Labute approximate surface area is 168 Å². The maximum atomic E-state index is 14.8. The van der Waals surface area contributed by atoms with Gasteiger partial charge in [0.15, 0.2) is 8.32 Å². The van der Waals surface area contributed by atoms with Crippen molar-refractivity contribution in [2.75, 3.05) is 19.4 Å². The fraction of sp³-hybridized carbons (Fsp3) is 0.619. The van der Waals surface area contributed by atoms with Crippen LogP contribution in [0.1, 0.15) is 44.9 Å². The van der Waals surface area contributed by atoms with E-state index in [9.17, 15) is 14.0 Å². The molecule has 0 saturated heterocycles. The van der Waals surface area contributed by atoms with E-state index in [4.69, 9.17) is 4.43 Å². The minimum Gasteiger partial charge on any atom is -0.409 e. The zero-order valence-electron chi connectivity index (χ0n) is 18.2. The molecule has 0 aromatic heterocycles. The molecule has 1 N–H and O–H groups in total. The van der Waals surface area contributed by atoms with Crippen molar-refractivity contribution in [2.24, 2.45) is 5.92 Å². The van der Waals surface area contributed by atoms with E-state index < -0.39 is 26.2 Å². The molecule has 156 valence electrons. The summed E-state index contributed by atoms with van der Waals surface area (Å²) in [5.74, 6) is -1.03. The number of nitrogens with one attached hydrogen (secondary N) is 1. The zero-order chi connectivity index (χ0) is 21.4. The van der Waals surface area contributed by atoms with Gasteiger partial charge in [-0.1, -0.05) is 20.8 Å². The number of halogens is 1. The molecule has 0 spiro atoms. The molecule has 2 rings (SSSR count). The number of nitrogens with zero attached hydrogens (tertiary/aromatic N) is 1. The molecular weight excluding hydrogens is 375 g/mol. The lowest BCUT2D eigenvalue weighted by molar-refractivity contribution is -0.120. The standard InChI is InChI=1S/C21H33FN2O3Si/c1-13(24(5)6)20(26)23-15-10-17-16(18(22)11-15)9-14(12-25)19(17)27-28(7,8)21(2,3)4/h10-14,19H,9H2,1-8H3,(H,23,26)/t13-,14?,19?/m1/s1. The highest BCUT2D eigenvalue weighted by atomic mass is 28.4. The van der Waals surface area contributed by atoms with Crippen molar-refractivity contribution in [3.63, 3.8) is 0 Å². The highest BCUT2D eigenvalue weighted by Gasteiger charge is 2.44. The number of benzene rings is 1. The van der Waals surface area contributed by atoms with Crippen LogP contribution in [0, 0.1) is 11.7 Å². The normalized spacial score (nSPS) is 20.8. The number of carbonyl (C=O) groups is 2. The smallest absolute Gasteiger partial charge is 0.241 e. The summed E-state index contributed by atoms with van der Waals surface area (Å²) in [5, 5.41) is 2.75. The number of aldehydes is 1.